The van der Waals surface area contributed by atoms with Crippen molar-refractivity contribution in [2.75, 3.05) is 18.0 Å². The predicted molar refractivity (Wildman–Crippen MR) is 83.7 cm³/mol. The van der Waals surface area contributed by atoms with Gasteiger partial charge in [0.05, 0.1) is 0 Å². The third-order valence-electron chi connectivity index (χ3n) is 4.18. The second-order valence-electron chi connectivity index (χ2n) is 5.45. The molecule has 0 radical (unpaired) electrons. The van der Waals surface area contributed by atoms with Crippen LogP contribution < -0.4 is 4.90 Å². The van der Waals surface area contributed by atoms with Gasteiger partial charge in [-0.1, -0.05) is 41.4 Å². The summed E-state index contributed by atoms with van der Waals surface area (Å²) in [5, 5.41) is 0.950. The minimum atomic E-state index is 0.942. The lowest BCUT2D eigenvalue weighted by Crippen LogP contribution is -2.25. The summed E-state index contributed by atoms with van der Waals surface area (Å²) in [5.41, 5.74) is 4.23. The summed E-state index contributed by atoms with van der Waals surface area (Å²) >= 11 is 3.53. The van der Waals surface area contributed by atoms with Crippen molar-refractivity contribution in [1.82, 2.24) is 0 Å². The average molecular weight is 310 g/mol. The van der Waals surface area contributed by atoms with Crippen LogP contribution in [0.3, 0.4) is 0 Å². The minimum Gasteiger partial charge on any atom is -0.371 e. The largest absolute Gasteiger partial charge is 0.371 e. The van der Waals surface area contributed by atoms with Crippen LogP contribution in [0.25, 0.3) is 0 Å². The molecule has 0 aliphatic carbocycles. The smallest absolute Gasteiger partial charge is 0.0396 e. The van der Waals surface area contributed by atoms with Gasteiger partial charge in [0, 0.05) is 24.1 Å². The van der Waals surface area contributed by atoms with E-state index in [4.69, 9.17) is 0 Å². The van der Waals surface area contributed by atoms with E-state index in [-0.39, 0.29) is 0 Å². The highest BCUT2D eigenvalue weighted by atomic mass is 79.9. The van der Waals surface area contributed by atoms with E-state index in [0.717, 1.165) is 11.2 Å². The lowest BCUT2D eigenvalue weighted by Gasteiger charge is -2.25. The zero-order valence-electron chi connectivity index (χ0n) is 11.6. The first-order valence-electron chi connectivity index (χ1n) is 7.15. The molecule has 0 bridgehead atoms. The van der Waals surface area contributed by atoms with Crippen molar-refractivity contribution >= 4 is 21.6 Å². The molecule has 100 valence electrons. The van der Waals surface area contributed by atoms with Gasteiger partial charge in [0.1, 0.15) is 0 Å². The standard InChI is InChI=1S/C16H24BrN/c1-3-14-5-4-9-18(10-8-14)16-7-6-15(12-17)11-13(16)2/h6-7,11,14H,3-5,8-10,12H2,1-2H3. The van der Waals surface area contributed by atoms with Gasteiger partial charge in [-0.2, -0.15) is 0 Å². The molecule has 1 unspecified atom stereocenters. The van der Waals surface area contributed by atoms with Crippen molar-refractivity contribution in [3.63, 3.8) is 0 Å². The van der Waals surface area contributed by atoms with Crippen molar-refractivity contribution < 1.29 is 0 Å². The van der Waals surface area contributed by atoms with Crippen molar-refractivity contribution in [2.45, 2.75) is 44.9 Å². The quantitative estimate of drug-likeness (QED) is 0.717. The Bertz CT molecular complexity index is 389. The van der Waals surface area contributed by atoms with Gasteiger partial charge < -0.3 is 4.90 Å². The minimum absolute atomic E-state index is 0.942. The van der Waals surface area contributed by atoms with Crippen LogP contribution in [-0.2, 0) is 5.33 Å². The van der Waals surface area contributed by atoms with Gasteiger partial charge in [0.15, 0.2) is 0 Å². The fraction of sp³-hybridized carbons (Fsp3) is 0.625. The highest BCUT2D eigenvalue weighted by Gasteiger charge is 2.17. The molecule has 2 rings (SSSR count). The first-order valence-corrected chi connectivity index (χ1v) is 8.27. The molecule has 18 heavy (non-hydrogen) atoms. The summed E-state index contributed by atoms with van der Waals surface area (Å²) in [6.07, 6.45) is 5.45. The molecule has 1 fully saturated rings. The molecule has 1 aliphatic heterocycles. The van der Waals surface area contributed by atoms with E-state index in [9.17, 15) is 0 Å². The Morgan fingerprint density at radius 1 is 1.28 bits per heavy atom. The fourth-order valence-corrected chi connectivity index (χ4v) is 3.32. The fourth-order valence-electron chi connectivity index (χ4n) is 2.97. The normalized spacial score (nSPS) is 20.8. The zero-order valence-corrected chi connectivity index (χ0v) is 13.2. The first-order chi connectivity index (χ1) is 8.74. The molecule has 1 aromatic carbocycles. The van der Waals surface area contributed by atoms with Gasteiger partial charge in [0.2, 0.25) is 0 Å². The van der Waals surface area contributed by atoms with Crippen LogP contribution in [0.1, 0.15) is 43.7 Å². The summed E-state index contributed by atoms with van der Waals surface area (Å²) in [7, 11) is 0. The van der Waals surface area contributed by atoms with E-state index in [1.54, 1.807) is 0 Å². The molecule has 2 heteroatoms. The summed E-state index contributed by atoms with van der Waals surface area (Å²) in [5.74, 6) is 0.942. The molecule has 0 spiro atoms. The zero-order chi connectivity index (χ0) is 13.0. The second-order valence-corrected chi connectivity index (χ2v) is 6.01. The third-order valence-corrected chi connectivity index (χ3v) is 4.83. The lowest BCUT2D eigenvalue weighted by molar-refractivity contribution is 0.459. The maximum absolute atomic E-state index is 3.53. The van der Waals surface area contributed by atoms with Crippen molar-refractivity contribution in [3.05, 3.63) is 29.3 Å². The number of hydrogen-bond donors (Lipinski definition) is 0. The molecule has 1 saturated heterocycles. The topological polar surface area (TPSA) is 3.24 Å². The van der Waals surface area contributed by atoms with Gasteiger partial charge >= 0.3 is 0 Å². The van der Waals surface area contributed by atoms with Crippen LogP contribution >= 0.6 is 15.9 Å². The highest BCUT2D eigenvalue weighted by Crippen LogP contribution is 2.27. The van der Waals surface area contributed by atoms with Gasteiger partial charge in [-0.25, -0.2) is 0 Å². The van der Waals surface area contributed by atoms with Crippen LogP contribution in [0.5, 0.6) is 0 Å². The molecule has 1 nitrogen and oxygen atoms in total. The Hall–Kier alpha value is -0.500. The Kier molecular flexibility index (Phi) is 5.11. The van der Waals surface area contributed by atoms with E-state index < -0.39 is 0 Å². The van der Waals surface area contributed by atoms with E-state index in [0.29, 0.717) is 0 Å². The maximum atomic E-state index is 3.53. The van der Waals surface area contributed by atoms with Gasteiger partial charge in [-0.3, -0.25) is 0 Å². The Balaban J connectivity index is 2.11. The summed E-state index contributed by atoms with van der Waals surface area (Å²) in [6.45, 7) is 7.03. The van der Waals surface area contributed by atoms with Crippen molar-refractivity contribution in [3.8, 4) is 0 Å². The number of benzene rings is 1. The Morgan fingerprint density at radius 3 is 2.78 bits per heavy atom. The van der Waals surface area contributed by atoms with E-state index in [1.807, 2.05) is 0 Å². The number of alkyl halides is 1. The average Bonchev–Trinajstić information content (AvgIpc) is 2.63. The number of nitrogens with zero attached hydrogens (tertiary/aromatic N) is 1. The Labute approximate surface area is 120 Å². The van der Waals surface area contributed by atoms with E-state index in [2.05, 4.69) is 52.9 Å². The van der Waals surface area contributed by atoms with E-state index >= 15 is 0 Å². The summed E-state index contributed by atoms with van der Waals surface area (Å²) in [6, 6.07) is 6.86. The predicted octanol–water partition coefficient (Wildman–Crippen LogP) is 4.91. The monoisotopic (exact) mass is 309 g/mol. The Morgan fingerprint density at radius 2 is 2.11 bits per heavy atom. The summed E-state index contributed by atoms with van der Waals surface area (Å²) in [4.78, 5) is 2.59. The van der Waals surface area contributed by atoms with Gasteiger partial charge in [-0.15, -0.1) is 0 Å². The lowest BCUT2D eigenvalue weighted by atomic mass is 9.98. The van der Waals surface area contributed by atoms with Crippen molar-refractivity contribution in [1.29, 1.82) is 0 Å². The molecule has 0 aromatic heterocycles. The van der Waals surface area contributed by atoms with E-state index in [1.165, 1.54) is 55.6 Å². The molecule has 0 saturated carbocycles. The van der Waals surface area contributed by atoms with Crippen molar-refractivity contribution in [2.24, 2.45) is 5.92 Å². The van der Waals surface area contributed by atoms with Gasteiger partial charge in [-0.05, 0) is 49.3 Å². The van der Waals surface area contributed by atoms with Crippen LogP contribution in [0, 0.1) is 12.8 Å². The molecular weight excluding hydrogens is 286 g/mol. The number of anilines is 1. The van der Waals surface area contributed by atoms with Gasteiger partial charge in [0.25, 0.3) is 0 Å². The molecule has 0 N–H and O–H groups in total. The number of aryl methyl sites for hydroxylation is 1. The molecule has 0 amide bonds. The maximum Gasteiger partial charge on any atom is 0.0396 e. The molecule has 1 atom stereocenters. The van der Waals surface area contributed by atoms with Crippen LogP contribution in [0.2, 0.25) is 0 Å². The molecule has 1 aromatic rings. The first kappa shape index (κ1) is 13.9. The van der Waals surface area contributed by atoms with Crippen LogP contribution in [-0.4, -0.2) is 13.1 Å². The van der Waals surface area contributed by atoms with Crippen LogP contribution in [0.15, 0.2) is 18.2 Å². The molecular formula is C16H24BrN. The SMILES string of the molecule is CCC1CCCN(c2ccc(CBr)cc2C)CC1. The molecule has 1 heterocycles. The highest BCUT2D eigenvalue weighted by molar-refractivity contribution is 9.08. The third kappa shape index (κ3) is 3.28. The molecule has 1 aliphatic rings. The number of rotatable bonds is 3. The van der Waals surface area contributed by atoms with Crippen LogP contribution in [0.4, 0.5) is 5.69 Å². The summed E-state index contributed by atoms with van der Waals surface area (Å²) < 4.78 is 0. The number of hydrogen-bond acceptors (Lipinski definition) is 1. The number of halogens is 1. The second kappa shape index (κ2) is 6.60.